The summed E-state index contributed by atoms with van der Waals surface area (Å²) in [4.78, 5) is 22.2. The molecule has 0 spiro atoms. The van der Waals surface area contributed by atoms with Gasteiger partial charge in [-0.25, -0.2) is 5.43 Å². The number of nitro benzene ring substituents is 1. The van der Waals surface area contributed by atoms with Crippen LogP contribution in [0.5, 0.6) is 5.75 Å². The molecule has 7 nitrogen and oxygen atoms in total. The van der Waals surface area contributed by atoms with Gasteiger partial charge in [-0.15, -0.1) is 0 Å². The predicted molar refractivity (Wildman–Crippen MR) is 119 cm³/mol. The summed E-state index contributed by atoms with van der Waals surface area (Å²) in [6.07, 6.45) is 1.28. The first-order valence-corrected chi connectivity index (χ1v) is 10.1. The third-order valence-electron chi connectivity index (χ3n) is 3.81. The fourth-order valence-electron chi connectivity index (χ4n) is 2.46. The van der Waals surface area contributed by atoms with Crippen molar-refractivity contribution >= 4 is 72.0 Å². The smallest absolute Gasteiger partial charge is 0.288 e. The molecule has 1 N–H and O–H groups in total. The fourth-order valence-corrected chi connectivity index (χ4v) is 3.63. The maximum absolute atomic E-state index is 12.0. The van der Waals surface area contributed by atoms with Crippen molar-refractivity contribution in [1.29, 1.82) is 0 Å². The molecule has 0 bridgehead atoms. The highest BCUT2D eigenvalue weighted by Crippen LogP contribution is 2.34. The van der Waals surface area contributed by atoms with Crippen LogP contribution in [0.2, 0.25) is 5.02 Å². The monoisotopic (exact) mass is 539 g/mol. The highest BCUT2D eigenvalue weighted by molar-refractivity contribution is 9.11. The number of hydrazone groups is 1. The predicted octanol–water partition coefficient (Wildman–Crippen LogP) is 5.46. The van der Waals surface area contributed by atoms with Gasteiger partial charge in [0.1, 0.15) is 10.8 Å². The molecule has 3 aromatic carbocycles. The van der Waals surface area contributed by atoms with Crippen LogP contribution in [0.3, 0.4) is 0 Å². The van der Waals surface area contributed by atoms with E-state index in [1.54, 1.807) is 12.1 Å². The summed E-state index contributed by atoms with van der Waals surface area (Å²) in [5.41, 5.74) is 2.49. The van der Waals surface area contributed by atoms with Gasteiger partial charge in [-0.3, -0.25) is 14.9 Å². The molecule has 0 saturated carbocycles. The molecule has 0 unspecified atom stereocenters. The van der Waals surface area contributed by atoms with Crippen molar-refractivity contribution in [2.24, 2.45) is 5.10 Å². The van der Waals surface area contributed by atoms with Crippen LogP contribution in [0.15, 0.2) is 62.6 Å². The quantitative estimate of drug-likeness (QED) is 0.255. The van der Waals surface area contributed by atoms with Gasteiger partial charge in [0.15, 0.2) is 6.61 Å². The molecule has 0 aliphatic rings. The number of nitrogens with one attached hydrogen (secondary N) is 1. The lowest BCUT2D eigenvalue weighted by atomic mass is 10.1. The van der Waals surface area contributed by atoms with Crippen molar-refractivity contribution < 1.29 is 14.5 Å². The zero-order valence-corrected chi connectivity index (χ0v) is 18.5. The van der Waals surface area contributed by atoms with Crippen molar-refractivity contribution in [2.45, 2.75) is 0 Å². The van der Waals surface area contributed by atoms with Crippen molar-refractivity contribution in [3.05, 3.63) is 78.2 Å². The second-order valence-corrected chi connectivity index (χ2v) is 7.91. The molecule has 0 aliphatic carbocycles. The number of fused-ring (bicyclic) bond motifs is 1. The highest BCUT2D eigenvalue weighted by Gasteiger charge is 2.12. The summed E-state index contributed by atoms with van der Waals surface area (Å²) in [7, 11) is 0. The van der Waals surface area contributed by atoms with E-state index in [9.17, 15) is 14.9 Å². The van der Waals surface area contributed by atoms with Crippen LogP contribution >= 0.6 is 43.5 Å². The largest absolute Gasteiger partial charge is 0.483 e. The normalized spacial score (nSPS) is 11.0. The number of benzene rings is 3. The minimum atomic E-state index is -0.591. The number of amides is 1. The fraction of sp³-hybridized carbons (Fsp3) is 0.0526. The van der Waals surface area contributed by atoms with Crippen LogP contribution < -0.4 is 10.2 Å². The first-order chi connectivity index (χ1) is 13.8. The van der Waals surface area contributed by atoms with E-state index < -0.39 is 10.8 Å². The molecule has 3 aromatic rings. The topological polar surface area (TPSA) is 93.8 Å². The first-order valence-electron chi connectivity index (χ1n) is 8.11. The van der Waals surface area contributed by atoms with Crippen LogP contribution in [0.25, 0.3) is 10.8 Å². The average molecular weight is 542 g/mol. The van der Waals surface area contributed by atoms with E-state index in [0.717, 1.165) is 19.7 Å². The summed E-state index contributed by atoms with van der Waals surface area (Å²) in [6.45, 7) is -0.251. The Morgan fingerprint density at radius 1 is 1.21 bits per heavy atom. The molecule has 3 rings (SSSR count). The van der Waals surface area contributed by atoms with Gasteiger partial charge in [0.05, 0.1) is 15.6 Å². The van der Waals surface area contributed by atoms with E-state index in [4.69, 9.17) is 16.3 Å². The van der Waals surface area contributed by atoms with E-state index >= 15 is 0 Å². The number of carbonyl (C=O) groups is 1. The molecule has 148 valence electrons. The molecule has 10 heteroatoms. The Bertz CT molecular complexity index is 1140. The zero-order chi connectivity index (χ0) is 21.0. The van der Waals surface area contributed by atoms with Crippen molar-refractivity contribution in [2.75, 3.05) is 6.61 Å². The summed E-state index contributed by atoms with van der Waals surface area (Å²) in [6, 6.07) is 13.7. The van der Waals surface area contributed by atoms with Crippen LogP contribution in [0, 0.1) is 10.1 Å². The number of nitrogens with zero attached hydrogens (tertiary/aromatic N) is 2. The second kappa shape index (κ2) is 9.34. The molecule has 0 aromatic heterocycles. The van der Waals surface area contributed by atoms with Gasteiger partial charge in [0.2, 0.25) is 0 Å². The number of hydrogen-bond acceptors (Lipinski definition) is 5. The summed E-state index contributed by atoms with van der Waals surface area (Å²) >= 11 is 12.7. The van der Waals surface area contributed by atoms with Gasteiger partial charge in [0, 0.05) is 16.1 Å². The molecular formula is C19H12Br2ClN3O4. The molecule has 0 heterocycles. The molecule has 29 heavy (non-hydrogen) atoms. The number of hydrogen-bond donors (Lipinski definition) is 1. The minimum absolute atomic E-state index is 0.0258. The maximum Gasteiger partial charge on any atom is 0.288 e. The lowest BCUT2D eigenvalue weighted by Gasteiger charge is -2.10. The number of halogens is 3. The number of ether oxygens (including phenoxy) is 1. The standard InChI is InChI=1S/C19H12Br2ClN3O4/c20-13-3-4-14-12(8-13)2-6-17(19(14)21)29-10-18(26)24-23-9-11-1-5-15(22)16(7-11)25(27)28/h1-9H,10H2,(H,24,26). The third-order valence-corrected chi connectivity index (χ3v) is 5.44. The van der Waals surface area contributed by atoms with Gasteiger partial charge in [-0.05, 0) is 51.0 Å². The Balaban J connectivity index is 1.60. The summed E-state index contributed by atoms with van der Waals surface area (Å²) in [5.74, 6) is 0.0415. The molecule has 0 radical (unpaired) electrons. The average Bonchev–Trinajstić information content (AvgIpc) is 2.68. The third kappa shape index (κ3) is 5.31. The zero-order valence-electron chi connectivity index (χ0n) is 14.6. The lowest BCUT2D eigenvalue weighted by molar-refractivity contribution is -0.384. The molecule has 0 aliphatic heterocycles. The van der Waals surface area contributed by atoms with E-state index in [2.05, 4.69) is 42.4 Å². The lowest BCUT2D eigenvalue weighted by Crippen LogP contribution is -2.24. The van der Waals surface area contributed by atoms with E-state index in [1.165, 1.54) is 18.3 Å². The highest BCUT2D eigenvalue weighted by atomic mass is 79.9. The van der Waals surface area contributed by atoms with Crippen LogP contribution in [0.1, 0.15) is 5.56 Å². The summed E-state index contributed by atoms with van der Waals surface area (Å²) < 4.78 is 7.26. The van der Waals surface area contributed by atoms with Gasteiger partial charge in [-0.1, -0.05) is 45.7 Å². The number of carbonyl (C=O) groups excluding carboxylic acids is 1. The van der Waals surface area contributed by atoms with Gasteiger partial charge in [-0.2, -0.15) is 5.10 Å². The number of rotatable bonds is 6. The Morgan fingerprint density at radius 2 is 2.00 bits per heavy atom. The molecule has 1 amide bonds. The van der Waals surface area contributed by atoms with Crippen molar-refractivity contribution in [1.82, 2.24) is 5.43 Å². The minimum Gasteiger partial charge on any atom is -0.483 e. The van der Waals surface area contributed by atoms with E-state index in [1.807, 2.05) is 24.3 Å². The van der Waals surface area contributed by atoms with Crippen molar-refractivity contribution in [3.8, 4) is 5.75 Å². The SMILES string of the molecule is O=C(COc1ccc2cc(Br)ccc2c1Br)NN=Cc1ccc(Cl)c([N+](=O)[O-])c1. The molecule has 0 atom stereocenters. The van der Waals surface area contributed by atoms with Crippen LogP contribution in [-0.4, -0.2) is 23.7 Å². The second-order valence-electron chi connectivity index (χ2n) is 5.79. The Hall–Kier alpha value is -2.49. The van der Waals surface area contributed by atoms with E-state index in [0.29, 0.717) is 11.3 Å². The van der Waals surface area contributed by atoms with Gasteiger partial charge >= 0.3 is 0 Å². The van der Waals surface area contributed by atoms with Crippen LogP contribution in [-0.2, 0) is 4.79 Å². The molecule has 0 fully saturated rings. The van der Waals surface area contributed by atoms with Crippen LogP contribution in [0.4, 0.5) is 5.69 Å². The molecular weight excluding hydrogens is 529 g/mol. The van der Waals surface area contributed by atoms with E-state index in [-0.39, 0.29) is 17.3 Å². The Morgan fingerprint density at radius 3 is 2.76 bits per heavy atom. The number of nitro groups is 1. The van der Waals surface area contributed by atoms with Gasteiger partial charge < -0.3 is 4.74 Å². The molecule has 0 saturated heterocycles. The Labute approximate surface area is 187 Å². The maximum atomic E-state index is 12.0. The first kappa shape index (κ1) is 21.2. The van der Waals surface area contributed by atoms with Gasteiger partial charge in [0.25, 0.3) is 11.6 Å². The van der Waals surface area contributed by atoms with Crippen molar-refractivity contribution in [3.63, 3.8) is 0 Å². The Kier molecular flexibility index (Phi) is 6.83. The summed E-state index contributed by atoms with van der Waals surface area (Å²) in [5, 5.41) is 16.7.